The Kier molecular flexibility index (Phi) is 3.83. The number of fused-ring (bicyclic) bond motifs is 1. The van der Waals surface area contributed by atoms with Gasteiger partial charge in [-0.15, -0.1) is 0 Å². The molecule has 0 aliphatic heterocycles. The van der Waals surface area contributed by atoms with Crippen molar-refractivity contribution in [2.45, 2.75) is 0 Å². The quantitative estimate of drug-likeness (QED) is 0.701. The Morgan fingerprint density at radius 1 is 1.42 bits per heavy atom. The molecule has 8 nitrogen and oxygen atoms in total. The fraction of sp³-hybridized carbons (Fsp3) is 0.222. The molecule has 0 aliphatic rings. The summed E-state index contributed by atoms with van der Waals surface area (Å²) in [7, 11) is -3.60. The number of aromatic amines is 1. The van der Waals surface area contributed by atoms with Crippen molar-refractivity contribution < 1.29 is 13.2 Å². The van der Waals surface area contributed by atoms with E-state index < -0.39 is 15.9 Å². The first-order chi connectivity index (χ1) is 8.87. The smallest absolute Gasteiger partial charge is 0.253 e. The molecule has 2 rings (SSSR count). The number of primary sulfonamides is 1. The number of carbonyl (C=O) groups excluding carboxylic acids is 1. The molecule has 1 heterocycles. The average Bonchev–Trinajstić information content (AvgIpc) is 2.73. The second-order valence-electron chi connectivity index (χ2n) is 3.77. The number of nitrogens with zero attached hydrogens (tertiary/aromatic N) is 2. The van der Waals surface area contributed by atoms with Crippen molar-refractivity contribution in [1.29, 1.82) is 0 Å². The molecule has 0 fully saturated rings. The van der Waals surface area contributed by atoms with Gasteiger partial charge in [0.05, 0.1) is 11.3 Å². The Hall–Kier alpha value is -1.52. The van der Waals surface area contributed by atoms with Crippen molar-refractivity contribution in [3.63, 3.8) is 0 Å². The standard InChI is InChI=1S/C9H10BrN5O3S/c10-5-3-6(8-7(4-5)13-15-14-8)9(16)12-1-2-19(11,17)18/h3-4H,1-2H2,(H,12,16)(H2,11,17,18)(H,13,14,15). The molecule has 0 radical (unpaired) electrons. The number of nitrogens with two attached hydrogens (primary N) is 1. The van der Waals surface area contributed by atoms with Gasteiger partial charge >= 0.3 is 0 Å². The zero-order valence-corrected chi connectivity index (χ0v) is 12.0. The number of aromatic nitrogens is 3. The van der Waals surface area contributed by atoms with Gasteiger partial charge < -0.3 is 5.32 Å². The molecule has 2 aromatic rings. The highest BCUT2D eigenvalue weighted by Crippen LogP contribution is 2.20. The number of carbonyl (C=O) groups is 1. The number of amides is 1. The molecule has 0 aliphatic carbocycles. The zero-order chi connectivity index (χ0) is 14.0. The summed E-state index contributed by atoms with van der Waals surface area (Å²) >= 11 is 3.26. The molecule has 0 unspecified atom stereocenters. The van der Waals surface area contributed by atoms with Gasteiger partial charge in [-0.1, -0.05) is 15.9 Å². The van der Waals surface area contributed by atoms with E-state index in [1.807, 2.05) is 0 Å². The highest BCUT2D eigenvalue weighted by molar-refractivity contribution is 9.10. The molecule has 0 spiro atoms. The second-order valence-corrected chi connectivity index (χ2v) is 6.42. The highest BCUT2D eigenvalue weighted by Gasteiger charge is 2.14. The fourth-order valence-electron chi connectivity index (χ4n) is 1.49. The largest absolute Gasteiger partial charge is 0.351 e. The number of sulfonamides is 1. The van der Waals surface area contributed by atoms with Crippen LogP contribution in [0, 0.1) is 0 Å². The van der Waals surface area contributed by atoms with Crippen LogP contribution in [0.2, 0.25) is 0 Å². The van der Waals surface area contributed by atoms with E-state index in [1.165, 1.54) is 0 Å². The van der Waals surface area contributed by atoms with E-state index in [0.29, 0.717) is 21.1 Å². The first-order valence-electron chi connectivity index (χ1n) is 5.15. The second kappa shape index (κ2) is 5.23. The van der Waals surface area contributed by atoms with Crippen LogP contribution < -0.4 is 10.5 Å². The Labute approximate surface area is 116 Å². The maximum absolute atomic E-state index is 11.9. The number of rotatable bonds is 4. The third-order valence-corrected chi connectivity index (χ3v) is 3.53. The van der Waals surface area contributed by atoms with E-state index in [0.717, 1.165) is 0 Å². The molecule has 19 heavy (non-hydrogen) atoms. The predicted octanol–water partition coefficient (Wildman–Crippen LogP) is -0.261. The molecule has 0 atom stereocenters. The summed E-state index contributed by atoms with van der Waals surface area (Å²) in [5.74, 6) is -0.766. The van der Waals surface area contributed by atoms with Gasteiger partial charge in [0, 0.05) is 11.0 Å². The van der Waals surface area contributed by atoms with Gasteiger partial charge in [-0.05, 0) is 12.1 Å². The maximum atomic E-state index is 11.9. The molecule has 1 aromatic heterocycles. The summed E-state index contributed by atoms with van der Waals surface area (Å²) in [5.41, 5.74) is 1.25. The molecule has 4 N–H and O–H groups in total. The SMILES string of the molecule is NS(=O)(=O)CCNC(=O)c1cc(Br)cc2n[nH]nc12. The molecule has 102 valence electrons. The van der Waals surface area contributed by atoms with Gasteiger partial charge in [0.2, 0.25) is 10.0 Å². The van der Waals surface area contributed by atoms with Crippen molar-refractivity contribution in [2.24, 2.45) is 5.14 Å². The Bertz CT molecular complexity index is 727. The lowest BCUT2D eigenvalue weighted by Gasteiger charge is -2.05. The van der Waals surface area contributed by atoms with E-state index in [9.17, 15) is 13.2 Å². The fourth-order valence-corrected chi connectivity index (χ4v) is 2.32. The summed E-state index contributed by atoms with van der Waals surface area (Å²) in [5, 5.41) is 17.5. The van der Waals surface area contributed by atoms with Crippen LogP contribution in [-0.2, 0) is 10.0 Å². The molecule has 10 heteroatoms. The van der Waals surface area contributed by atoms with Crippen molar-refractivity contribution in [2.75, 3.05) is 12.3 Å². The molecule has 0 saturated carbocycles. The molecule has 0 saturated heterocycles. The van der Waals surface area contributed by atoms with Crippen LogP contribution in [0.1, 0.15) is 10.4 Å². The van der Waals surface area contributed by atoms with Crippen molar-refractivity contribution >= 4 is 42.9 Å². The monoisotopic (exact) mass is 347 g/mol. The Morgan fingerprint density at radius 3 is 2.84 bits per heavy atom. The summed E-state index contributed by atoms with van der Waals surface area (Å²) in [6.07, 6.45) is 0. The predicted molar refractivity (Wildman–Crippen MR) is 71.9 cm³/mol. The zero-order valence-electron chi connectivity index (χ0n) is 9.55. The van der Waals surface area contributed by atoms with E-state index in [1.54, 1.807) is 12.1 Å². The summed E-state index contributed by atoms with van der Waals surface area (Å²) in [4.78, 5) is 11.9. The summed E-state index contributed by atoms with van der Waals surface area (Å²) in [6, 6.07) is 3.29. The summed E-state index contributed by atoms with van der Waals surface area (Å²) < 4.78 is 22.2. The average molecular weight is 348 g/mol. The van der Waals surface area contributed by atoms with Crippen LogP contribution in [0.3, 0.4) is 0 Å². The van der Waals surface area contributed by atoms with Crippen LogP contribution in [0.15, 0.2) is 16.6 Å². The first kappa shape index (κ1) is 13.9. The highest BCUT2D eigenvalue weighted by atomic mass is 79.9. The lowest BCUT2D eigenvalue weighted by molar-refractivity contribution is 0.0957. The Balaban J connectivity index is 2.19. The lowest BCUT2D eigenvalue weighted by Crippen LogP contribution is -2.31. The minimum Gasteiger partial charge on any atom is -0.351 e. The topological polar surface area (TPSA) is 131 Å². The molecule has 0 bridgehead atoms. The maximum Gasteiger partial charge on any atom is 0.253 e. The number of nitrogens with one attached hydrogen (secondary N) is 2. The molecular weight excluding hydrogens is 338 g/mol. The normalized spacial score (nSPS) is 11.7. The number of benzene rings is 1. The first-order valence-corrected chi connectivity index (χ1v) is 7.66. The van der Waals surface area contributed by atoms with Crippen LogP contribution >= 0.6 is 15.9 Å². The van der Waals surface area contributed by atoms with E-state index in [4.69, 9.17) is 5.14 Å². The third kappa shape index (κ3) is 3.49. The number of hydrogen-bond acceptors (Lipinski definition) is 5. The van der Waals surface area contributed by atoms with Crippen molar-refractivity contribution in [3.8, 4) is 0 Å². The van der Waals surface area contributed by atoms with Gasteiger partial charge in [0.1, 0.15) is 11.0 Å². The van der Waals surface area contributed by atoms with E-state index in [-0.39, 0.29) is 12.3 Å². The minimum absolute atomic E-state index is 0.0659. The van der Waals surface area contributed by atoms with Crippen LogP contribution in [-0.4, -0.2) is 42.0 Å². The number of hydrogen-bond donors (Lipinski definition) is 3. The number of H-pyrrole nitrogens is 1. The third-order valence-electron chi connectivity index (χ3n) is 2.30. The molecular formula is C9H10BrN5O3S. The molecule has 1 amide bonds. The summed E-state index contributed by atoms with van der Waals surface area (Å²) in [6.45, 7) is -0.0659. The lowest BCUT2D eigenvalue weighted by atomic mass is 10.1. The van der Waals surface area contributed by atoms with Gasteiger partial charge in [0.25, 0.3) is 5.91 Å². The van der Waals surface area contributed by atoms with Crippen LogP contribution in [0.4, 0.5) is 0 Å². The van der Waals surface area contributed by atoms with Crippen molar-refractivity contribution in [1.82, 2.24) is 20.7 Å². The van der Waals surface area contributed by atoms with Crippen LogP contribution in [0.25, 0.3) is 11.0 Å². The minimum atomic E-state index is -3.60. The van der Waals surface area contributed by atoms with Gasteiger partial charge in [-0.3, -0.25) is 4.79 Å². The van der Waals surface area contributed by atoms with Gasteiger partial charge in [-0.2, -0.15) is 15.4 Å². The Morgan fingerprint density at radius 2 is 2.16 bits per heavy atom. The number of halogens is 1. The van der Waals surface area contributed by atoms with E-state index >= 15 is 0 Å². The molecule has 1 aromatic carbocycles. The van der Waals surface area contributed by atoms with Gasteiger partial charge in [0.15, 0.2) is 0 Å². The van der Waals surface area contributed by atoms with Crippen molar-refractivity contribution in [3.05, 3.63) is 22.2 Å². The van der Waals surface area contributed by atoms with Gasteiger partial charge in [-0.25, -0.2) is 13.6 Å². The van der Waals surface area contributed by atoms with E-state index in [2.05, 4.69) is 36.7 Å². The van der Waals surface area contributed by atoms with Crippen LogP contribution in [0.5, 0.6) is 0 Å².